The SMILES string of the molecule is CNC(=O)c1ccc2nc(N[C@](Cc3ccccc3)(c3cc(F)cc(C(F)(F)F)c3)c3ccc(Cl)cn3)[nH]c2c1. The molecule has 5 rings (SSSR count). The maximum Gasteiger partial charge on any atom is 0.416 e. The van der Waals surface area contributed by atoms with Gasteiger partial charge in [0.05, 0.1) is 27.3 Å². The van der Waals surface area contributed by atoms with Gasteiger partial charge in [-0.15, -0.1) is 0 Å². The van der Waals surface area contributed by atoms with Crippen LogP contribution in [0.2, 0.25) is 5.02 Å². The molecule has 0 unspecified atom stereocenters. The molecule has 0 saturated heterocycles. The van der Waals surface area contributed by atoms with E-state index in [4.69, 9.17) is 11.6 Å². The van der Waals surface area contributed by atoms with Gasteiger partial charge in [-0.3, -0.25) is 9.78 Å². The summed E-state index contributed by atoms with van der Waals surface area (Å²) in [5.41, 5.74) is -0.278. The van der Waals surface area contributed by atoms with E-state index >= 15 is 0 Å². The number of nitrogens with one attached hydrogen (secondary N) is 3. The van der Waals surface area contributed by atoms with E-state index in [9.17, 15) is 22.4 Å². The van der Waals surface area contributed by atoms with Crippen LogP contribution in [-0.4, -0.2) is 27.9 Å². The highest BCUT2D eigenvalue weighted by Crippen LogP contribution is 2.40. The molecule has 3 N–H and O–H groups in total. The van der Waals surface area contributed by atoms with Gasteiger partial charge in [-0.25, -0.2) is 9.37 Å². The number of H-pyrrole nitrogens is 1. The third kappa shape index (κ3) is 5.48. The third-order valence-electron chi connectivity index (χ3n) is 6.50. The number of alkyl halides is 3. The van der Waals surface area contributed by atoms with Crippen molar-refractivity contribution in [3.63, 3.8) is 0 Å². The summed E-state index contributed by atoms with van der Waals surface area (Å²) in [6, 6.07) is 19.4. The molecule has 3 aromatic carbocycles. The van der Waals surface area contributed by atoms with E-state index in [1.165, 1.54) is 13.2 Å². The molecular formula is C29H22ClF4N5O. The fourth-order valence-electron chi connectivity index (χ4n) is 4.61. The standard InChI is InChI=1S/C29H22ClF4N5O/c1-35-26(40)18-7-9-23-24(11-18)38-27(37-23)39-28(15-17-5-3-2-4-6-17,25-10-8-21(30)16-36-25)19-12-20(29(32,33)34)14-22(31)13-19/h2-14,16H,15H2,1H3,(H,35,40)(H2,37,38,39)/t28-/m1/s1. The van der Waals surface area contributed by atoms with Crippen LogP contribution >= 0.6 is 11.6 Å². The molecule has 0 radical (unpaired) electrons. The summed E-state index contributed by atoms with van der Waals surface area (Å²) in [5, 5.41) is 6.12. The second-order valence-electron chi connectivity index (χ2n) is 9.18. The number of aromatic amines is 1. The van der Waals surface area contributed by atoms with Crippen molar-refractivity contribution in [2.45, 2.75) is 18.1 Å². The van der Waals surface area contributed by atoms with Crippen molar-refractivity contribution in [1.29, 1.82) is 0 Å². The molecule has 1 atom stereocenters. The van der Waals surface area contributed by atoms with E-state index < -0.39 is 23.1 Å². The first-order valence-electron chi connectivity index (χ1n) is 12.1. The van der Waals surface area contributed by atoms with Crippen molar-refractivity contribution in [3.8, 4) is 0 Å². The molecule has 5 aromatic rings. The molecule has 1 amide bonds. The summed E-state index contributed by atoms with van der Waals surface area (Å²) < 4.78 is 56.4. The number of benzene rings is 3. The Hall–Kier alpha value is -4.44. The number of amides is 1. The van der Waals surface area contributed by atoms with Crippen LogP contribution < -0.4 is 10.6 Å². The molecule has 2 heterocycles. The average molecular weight is 568 g/mol. The molecule has 0 fully saturated rings. The highest BCUT2D eigenvalue weighted by Gasteiger charge is 2.40. The summed E-state index contributed by atoms with van der Waals surface area (Å²) in [6.45, 7) is 0. The van der Waals surface area contributed by atoms with Gasteiger partial charge in [0.1, 0.15) is 11.4 Å². The highest BCUT2D eigenvalue weighted by atomic mass is 35.5. The van der Waals surface area contributed by atoms with E-state index in [0.717, 1.165) is 17.7 Å². The summed E-state index contributed by atoms with van der Waals surface area (Å²) in [6.07, 6.45) is -3.35. The van der Waals surface area contributed by atoms with Crippen molar-refractivity contribution < 1.29 is 22.4 Å². The summed E-state index contributed by atoms with van der Waals surface area (Å²) in [4.78, 5) is 24.2. The largest absolute Gasteiger partial charge is 0.416 e. The molecule has 204 valence electrons. The van der Waals surface area contributed by atoms with Crippen LogP contribution in [0.15, 0.2) is 85.1 Å². The van der Waals surface area contributed by atoms with Crippen LogP contribution in [0, 0.1) is 5.82 Å². The second-order valence-corrected chi connectivity index (χ2v) is 9.61. The van der Waals surface area contributed by atoms with Crippen LogP contribution in [0.3, 0.4) is 0 Å². The maximum absolute atomic E-state index is 14.8. The highest BCUT2D eigenvalue weighted by molar-refractivity contribution is 6.30. The number of pyridine rings is 1. The number of halogens is 5. The molecule has 40 heavy (non-hydrogen) atoms. The van der Waals surface area contributed by atoms with E-state index in [-0.39, 0.29) is 29.5 Å². The fraction of sp³-hybridized carbons (Fsp3) is 0.138. The van der Waals surface area contributed by atoms with E-state index in [0.29, 0.717) is 27.7 Å². The number of carbonyl (C=O) groups is 1. The summed E-state index contributed by atoms with van der Waals surface area (Å²) >= 11 is 6.10. The number of fused-ring (bicyclic) bond motifs is 1. The van der Waals surface area contributed by atoms with Gasteiger partial charge < -0.3 is 15.6 Å². The fourth-order valence-corrected chi connectivity index (χ4v) is 4.72. The summed E-state index contributed by atoms with van der Waals surface area (Å²) in [7, 11) is 1.51. The van der Waals surface area contributed by atoms with E-state index in [1.807, 2.05) is 18.2 Å². The van der Waals surface area contributed by atoms with Crippen molar-refractivity contribution >= 4 is 34.5 Å². The molecule has 0 aliphatic heterocycles. The number of imidazole rings is 1. The molecule has 11 heteroatoms. The Kier molecular flexibility index (Phi) is 7.20. The minimum absolute atomic E-state index is 0.0231. The van der Waals surface area contributed by atoms with Crippen molar-refractivity contribution in [2.24, 2.45) is 0 Å². The van der Waals surface area contributed by atoms with Gasteiger partial charge in [-0.1, -0.05) is 41.9 Å². The van der Waals surface area contributed by atoms with Gasteiger partial charge in [-0.05, 0) is 59.7 Å². The minimum Gasteiger partial charge on any atom is -0.355 e. The smallest absolute Gasteiger partial charge is 0.355 e. The first-order valence-corrected chi connectivity index (χ1v) is 12.5. The lowest BCUT2D eigenvalue weighted by Gasteiger charge is -2.35. The van der Waals surface area contributed by atoms with Gasteiger partial charge in [0, 0.05) is 25.2 Å². The third-order valence-corrected chi connectivity index (χ3v) is 6.72. The zero-order valence-electron chi connectivity index (χ0n) is 21.0. The lowest BCUT2D eigenvalue weighted by molar-refractivity contribution is -0.137. The predicted octanol–water partition coefficient (Wildman–Crippen LogP) is 6.73. The number of hydrogen-bond acceptors (Lipinski definition) is 4. The number of rotatable bonds is 7. The Labute approximate surface area is 231 Å². The molecule has 0 bridgehead atoms. The number of carbonyl (C=O) groups excluding carboxylic acids is 1. The molecular weight excluding hydrogens is 546 g/mol. The Morgan fingerprint density at radius 1 is 0.975 bits per heavy atom. The summed E-state index contributed by atoms with van der Waals surface area (Å²) in [5.74, 6) is -1.18. The molecule has 0 aliphatic rings. The molecule has 0 spiro atoms. The van der Waals surface area contributed by atoms with Gasteiger partial charge in [0.15, 0.2) is 0 Å². The molecule has 6 nitrogen and oxygen atoms in total. The van der Waals surface area contributed by atoms with Gasteiger partial charge >= 0.3 is 6.18 Å². The van der Waals surface area contributed by atoms with Crippen LogP contribution in [-0.2, 0) is 18.1 Å². The topological polar surface area (TPSA) is 82.7 Å². The lowest BCUT2D eigenvalue weighted by Crippen LogP contribution is -2.40. The number of nitrogens with zero attached hydrogens (tertiary/aromatic N) is 2. The quantitative estimate of drug-likeness (QED) is 0.191. The van der Waals surface area contributed by atoms with Crippen LogP contribution in [0.1, 0.15) is 32.7 Å². The van der Waals surface area contributed by atoms with Crippen molar-refractivity contribution in [3.05, 3.63) is 124 Å². The van der Waals surface area contributed by atoms with Crippen molar-refractivity contribution in [1.82, 2.24) is 20.3 Å². The zero-order chi connectivity index (χ0) is 28.5. The first kappa shape index (κ1) is 27.1. The number of anilines is 1. The van der Waals surface area contributed by atoms with E-state index in [1.54, 1.807) is 42.5 Å². The molecule has 0 aliphatic carbocycles. The average Bonchev–Trinajstić information content (AvgIpc) is 3.33. The van der Waals surface area contributed by atoms with Gasteiger partial charge in [0.2, 0.25) is 5.95 Å². The number of aromatic nitrogens is 3. The second kappa shape index (κ2) is 10.6. The Bertz CT molecular complexity index is 1670. The monoisotopic (exact) mass is 567 g/mol. The Balaban J connectivity index is 1.74. The Morgan fingerprint density at radius 3 is 2.40 bits per heavy atom. The van der Waals surface area contributed by atoms with Crippen LogP contribution in [0.25, 0.3) is 11.0 Å². The van der Waals surface area contributed by atoms with Crippen molar-refractivity contribution in [2.75, 3.05) is 12.4 Å². The van der Waals surface area contributed by atoms with Crippen LogP contribution in [0.4, 0.5) is 23.5 Å². The lowest BCUT2D eigenvalue weighted by atomic mass is 9.80. The number of hydrogen-bond donors (Lipinski definition) is 3. The van der Waals surface area contributed by atoms with Gasteiger partial charge in [0.25, 0.3) is 5.91 Å². The predicted molar refractivity (Wildman–Crippen MR) is 145 cm³/mol. The van der Waals surface area contributed by atoms with Crippen LogP contribution in [0.5, 0.6) is 0 Å². The normalized spacial score (nSPS) is 13.2. The zero-order valence-corrected chi connectivity index (χ0v) is 21.7. The van der Waals surface area contributed by atoms with Gasteiger partial charge in [-0.2, -0.15) is 13.2 Å². The Morgan fingerprint density at radius 2 is 1.73 bits per heavy atom. The molecule has 2 aromatic heterocycles. The minimum atomic E-state index is -4.79. The molecule has 0 saturated carbocycles. The maximum atomic E-state index is 14.8. The van der Waals surface area contributed by atoms with E-state index in [2.05, 4.69) is 25.6 Å². The first-order chi connectivity index (χ1) is 19.1.